The third-order valence-corrected chi connectivity index (χ3v) is 3.65. The monoisotopic (exact) mass is 313 g/mol. The van der Waals surface area contributed by atoms with Gasteiger partial charge in [0.2, 0.25) is 5.91 Å². The molecule has 0 aliphatic heterocycles. The summed E-state index contributed by atoms with van der Waals surface area (Å²) >= 11 is 0. The molecule has 2 rings (SSSR count). The number of hydrogen-bond acceptors (Lipinski definition) is 3. The van der Waals surface area contributed by atoms with Crippen molar-refractivity contribution in [1.29, 1.82) is 0 Å². The Balaban J connectivity index is 1.85. The lowest BCUT2D eigenvalue weighted by Crippen LogP contribution is -2.21. The molecule has 0 saturated heterocycles. The lowest BCUT2D eigenvalue weighted by atomic mass is 10.0. The first kappa shape index (κ1) is 16.2. The van der Waals surface area contributed by atoms with Crippen LogP contribution in [-0.2, 0) is 9.59 Å². The van der Waals surface area contributed by atoms with Crippen LogP contribution in [-0.4, -0.2) is 30.0 Å². The average molecular weight is 313 g/mol. The number of benzene rings is 1. The fourth-order valence-electron chi connectivity index (χ4n) is 2.48. The van der Waals surface area contributed by atoms with Crippen LogP contribution in [0.2, 0.25) is 0 Å². The van der Waals surface area contributed by atoms with E-state index in [1.807, 2.05) is 0 Å². The van der Waals surface area contributed by atoms with Crippen molar-refractivity contribution in [3.8, 4) is 5.75 Å². The molecule has 5 nitrogen and oxygen atoms in total. The van der Waals surface area contributed by atoms with Crippen molar-refractivity contribution in [2.75, 3.05) is 11.9 Å². The number of aliphatic carboxylic acids is 1. The normalized spacial score (nSPS) is 20.9. The quantitative estimate of drug-likeness (QED) is 0.847. The smallest absolute Gasteiger partial charge is 0.306 e. The van der Waals surface area contributed by atoms with E-state index in [1.165, 1.54) is 12.1 Å². The Morgan fingerprint density at radius 2 is 1.86 bits per heavy atom. The largest absolute Gasteiger partial charge is 0.488 e. The van der Waals surface area contributed by atoms with Gasteiger partial charge in [0.05, 0.1) is 5.92 Å². The molecule has 7 heteroatoms. The molecule has 1 saturated carbocycles. The van der Waals surface area contributed by atoms with Gasteiger partial charge in [-0.25, -0.2) is 8.78 Å². The summed E-state index contributed by atoms with van der Waals surface area (Å²) in [4.78, 5) is 22.9. The van der Waals surface area contributed by atoms with Gasteiger partial charge in [-0.2, -0.15) is 0 Å². The van der Waals surface area contributed by atoms with Gasteiger partial charge in [-0.3, -0.25) is 9.59 Å². The Bertz CT molecular complexity index is 533. The number of halogens is 2. The second-order valence-corrected chi connectivity index (χ2v) is 5.26. The molecule has 120 valence electrons. The summed E-state index contributed by atoms with van der Waals surface area (Å²) in [6.45, 7) is -0.676. The fourth-order valence-corrected chi connectivity index (χ4v) is 2.48. The lowest BCUT2D eigenvalue weighted by Gasteiger charge is -2.11. The molecule has 0 aromatic heterocycles. The Hall–Kier alpha value is -2.18. The molecule has 1 aromatic carbocycles. The molecule has 1 aromatic rings. The molecular formula is C15H17F2NO4. The number of rotatable bonds is 6. The third-order valence-electron chi connectivity index (χ3n) is 3.65. The van der Waals surface area contributed by atoms with E-state index in [4.69, 9.17) is 9.84 Å². The van der Waals surface area contributed by atoms with E-state index in [-0.39, 0.29) is 11.8 Å². The van der Waals surface area contributed by atoms with E-state index in [2.05, 4.69) is 5.32 Å². The molecule has 22 heavy (non-hydrogen) atoms. The van der Waals surface area contributed by atoms with Gasteiger partial charge in [-0.1, -0.05) is 0 Å². The SMILES string of the molecule is O=C(O)[C@@H]1CC[C@H](C(=O)Nc2ccc(OCC(F)F)cc2)C1. The van der Waals surface area contributed by atoms with E-state index in [1.54, 1.807) is 12.1 Å². The van der Waals surface area contributed by atoms with Crippen LogP contribution in [0, 0.1) is 11.8 Å². The summed E-state index contributed by atoms with van der Waals surface area (Å²) in [6, 6.07) is 6.10. The van der Waals surface area contributed by atoms with Crippen LogP contribution in [0.15, 0.2) is 24.3 Å². The second kappa shape index (κ2) is 7.20. The van der Waals surface area contributed by atoms with Crippen molar-refractivity contribution in [2.24, 2.45) is 11.8 Å². The van der Waals surface area contributed by atoms with Crippen LogP contribution < -0.4 is 10.1 Å². The van der Waals surface area contributed by atoms with Gasteiger partial charge in [-0.15, -0.1) is 0 Å². The lowest BCUT2D eigenvalue weighted by molar-refractivity contribution is -0.141. The van der Waals surface area contributed by atoms with Gasteiger partial charge in [0.1, 0.15) is 12.4 Å². The number of carbonyl (C=O) groups excluding carboxylic acids is 1. The van der Waals surface area contributed by atoms with E-state index in [9.17, 15) is 18.4 Å². The van der Waals surface area contributed by atoms with Crippen molar-refractivity contribution >= 4 is 17.6 Å². The minimum absolute atomic E-state index is 0.218. The van der Waals surface area contributed by atoms with Crippen LogP contribution in [0.3, 0.4) is 0 Å². The second-order valence-electron chi connectivity index (χ2n) is 5.26. The zero-order chi connectivity index (χ0) is 16.1. The summed E-state index contributed by atoms with van der Waals surface area (Å²) in [7, 11) is 0. The molecule has 0 spiro atoms. The molecule has 0 bridgehead atoms. The average Bonchev–Trinajstić information content (AvgIpc) is 2.96. The first-order chi connectivity index (χ1) is 10.5. The summed E-state index contributed by atoms with van der Waals surface area (Å²) in [5.41, 5.74) is 0.521. The minimum Gasteiger partial charge on any atom is -0.488 e. The number of carboxylic acid groups (broad SMARTS) is 1. The van der Waals surface area contributed by atoms with Gasteiger partial charge in [0, 0.05) is 11.6 Å². The number of carbonyl (C=O) groups is 2. The van der Waals surface area contributed by atoms with Crippen LogP contribution in [0.25, 0.3) is 0 Å². The number of amides is 1. The van der Waals surface area contributed by atoms with Gasteiger partial charge < -0.3 is 15.2 Å². The molecule has 0 heterocycles. The highest BCUT2D eigenvalue weighted by molar-refractivity contribution is 5.93. The van der Waals surface area contributed by atoms with E-state index >= 15 is 0 Å². The fraction of sp³-hybridized carbons (Fsp3) is 0.467. The zero-order valence-electron chi connectivity index (χ0n) is 11.8. The van der Waals surface area contributed by atoms with Crippen LogP contribution in [0.1, 0.15) is 19.3 Å². The predicted molar refractivity (Wildman–Crippen MR) is 75.0 cm³/mol. The maximum absolute atomic E-state index is 12.0. The minimum atomic E-state index is -2.54. The maximum Gasteiger partial charge on any atom is 0.306 e. The van der Waals surface area contributed by atoms with Gasteiger partial charge >= 0.3 is 5.97 Å². The molecule has 1 fully saturated rings. The molecule has 1 aliphatic carbocycles. The highest BCUT2D eigenvalue weighted by atomic mass is 19.3. The van der Waals surface area contributed by atoms with Gasteiger partial charge in [0.25, 0.3) is 6.43 Å². The molecule has 2 N–H and O–H groups in total. The predicted octanol–water partition coefficient (Wildman–Crippen LogP) is 2.77. The number of anilines is 1. The molecule has 1 aliphatic rings. The van der Waals surface area contributed by atoms with E-state index in [0.29, 0.717) is 30.7 Å². The first-order valence-electron chi connectivity index (χ1n) is 7.00. The number of hydrogen-bond donors (Lipinski definition) is 2. The van der Waals surface area contributed by atoms with E-state index in [0.717, 1.165) is 0 Å². The maximum atomic E-state index is 12.0. The van der Waals surface area contributed by atoms with Crippen molar-refractivity contribution in [2.45, 2.75) is 25.7 Å². The Morgan fingerprint density at radius 3 is 2.41 bits per heavy atom. The van der Waals surface area contributed by atoms with Crippen molar-refractivity contribution in [3.05, 3.63) is 24.3 Å². The highest BCUT2D eigenvalue weighted by Gasteiger charge is 2.33. The standard InChI is InChI=1S/C15H17F2NO4/c16-13(17)8-22-12-5-3-11(4-6-12)18-14(19)9-1-2-10(7-9)15(20)21/h3-6,9-10,13H,1-2,7-8H2,(H,18,19)(H,20,21)/t9-,10+/m0/s1. The van der Waals surface area contributed by atoms with Crippen molar-refractivity contribution in [3.63, 3.8) is 0 Å². The number of ether oxygens (including phenoxy) is 1. The number of alkyl halides is 2. The van der Waals surface area contributed by atoms with Gasteiger partial charge in [0.15, 0.2) is 0 Å². The summed E-state index contributed by atoms with van der Waals surface area (Å²) in [5.74, 6) is -1.55. The molecule has 1 amide bonds. The Morgan fingerprint density at radius 1 is 1.23 bits per heavy atom. The topological polar surface area (TPSA) is 75.6 Å². The molecule has 0 unspecified atom stereocenters. The van der Waals surface area contributed by atoms with Crippen LogP contribution in [0.5, 0.6) is 5.75 Å². The highest BCUT2D eigenvalue weighted by Crippen LogP contribution is 2.32. The van der Waals surface area contributed by atoms with Crippen molar-refractivity contribution in [1.82, 2.24) is 0 Å². The number of nitrogens with one attached hydrogen (secondary N) is 1. The number of carboxylic acids is 1. The summed E-state index contributed by atoms with van der Waals surface area (Å²) in [5, 5.41) is 11.6. The Kier molecular flexibility index (Phi) is 5.30. The third kappa shape index (κ3) is 4.41. The molecule has 0 radical (unpaired) electrons. The Labute approximate surface area is 126 Å². The van der Waals surface area contributed by atoms with Crippen LogP contribution >= 0.6 is 0 Å². The summed E-state index contributed by atoms with van der Waals surface area (Å²) < 4.78 is 28.9. The van der Waals surface area contributed by atoms with Gasteiger partial charge in [-0.05, 0) is 43.5 Å². The van der Waals surface area contributed by atoms with Crippen molar-refractivity contribution < 1.29 is 28.2 Å². The first-order valence-corrected chi connectivity index (χ1v) is 7.00. The summed E-state index contributed by atoms with van der Waals surface area (Å²) in [6.07, 6.45) is -1.13. The zero-order valence-corrected chi connectivity index (χ0v) is 11.8. The van der Waals surface area contributed by atoms with Crippen LogP contribution in [0.4, 0.5) is 14.5 Å². The molecular weight excluding hydrogens is 296 g/mol. The molecule has 2 atom stereocenters. The van der Waals surface area contributed by atoms with E-state index < -0.39 is 24.9 Å².